The smallest absolute Gasteiger partial charge is 0.0314 e. The Kier molecular flexibility index (Phi) is 17.0. The molecule has 0 radical (unpaired) electrons. The summed E-state index contributed by atoms with van der Waals surface area (Å²) >= 11 is 0. The second kappa shape index (κ2) is 21.6. The first-order valence-electron chi connectivity index (χ1n) is 20.2. The number of unbranched alkanes of at least 4 members (excludes halogenated alkanes) is 15. The van der Waals surface area contributed by atoms with Crippen molar-refractivity contribution in [3.05, 3.63) is 128 Å². The van der Waals surface area contributed by atoms with Crippen LogP contribution in [0.15, 0.2) is 72.8 Å². The highest BCUT2D eigenvalue weighted by atomic mass is 14.5. The second-order valence-corrected chi connectivity index (χ2v) is 15.4. The van der Waals surface area contributed by atoms with Crippen LogP contribution in [0.5, 0.6) is 0 Å². The molecule has 0 fully saturated rings. The largest absolute Gasteiger partial charge is 0.399 e. The molecule has 0 aliphatic rings. The summed E-state index contributed by atoms with van der Waals surface area (Å²) in [5.41, 5.74) is 27.7. The molecule has 0 heterocycles. The second-order valence-electron chi connectivity index (χ2n) is 15.4. The van der Waals surface area contributed by atoms with E-state index in [0.717, 1.165) is 24.2 Å². The highest BCUT2D eigenvalue weighted by Crippen LogP contribution is 2.24. The maximum Gasteiger partial charge on any atom is 0.0314 e. The van der Waals surface area contributed by atoms with E-state index in [-0.39, 0.29) is 0 Å². The number of aryl methyl sites for hydroxylation is 6. The number of nitrogens with two attached hydrogens (primary N) is 2. The van der Waals surface area contributed by atoms with Crippen molar-refractivity contribution in [3.63, 3.8) is 0 Å². The average molecular weight is 673 g/mol. The number of anilines is 2. The number of hydrogen-bond acceptors (Lipinski definition) is 2. The van der Waals surface area contributed by atoms with E-state index in [1.807, 2.05) is 24.3 Å². The quantitative estimate of drug-likeness (QED) is 0.0608. The van der Waals surface area contributed by atoms with Crippen LogP contribution >= 0.6 is 0 Å². The Balaban J connectivity index is 0.932. The van der Waals surface area contributed by atoms with Gasteiger partial charge in [-0.25, -0.2) is 0 Å². The monoisotopic (exact) mass is 673 g/mol. The maximum atomic E-state index is 5.86. The molecule has 0 bridgehead atoms. The van der Waals surface area contributed by atoms with Gasteiger partial charge in [-0.3, -0.25) is 0 Å². The maximum absolute atomic E-state index is 5.86. The fourth-order valence-corrected chi connectivity index (χ4v) is 7.82. The standard InChI is InChI=1S/C48H68N2/c1-37-31-43(32-38(2)47(37)35-41-23-27-45(49)28-24-41)21-19-17-15-13-11-9-7-5-6-8-10-12-14-16-18-20-22-44-33-39(3)48(40(4)34-44)36-42-25-29-46(50)30-26-42/h23-34H,5-22,35-36,49-50H2,1-4H3. The van der Waals surface area contributed by atoms with Gasteiger partial charge >= 0.3 is 0 Å². The van der Waals surface area contributed by atoms with Crippen LogP contribution in [-0.4, -0.2) is 0 Å². The van der Waals surface area contributed by atoms with E-state index in [1.165, 1.54) is 171 Å². The lowest BCUT2D eigenvalue weighted by Crippen LogP contribution is -1.99. The molecule has 0 spiro atoms. The molecule has 0 aliphatic carbocycles. The normalized spacial score (nSPS) is 11.4. The predicted molar refractivity (Wildman–Crippen MR) is 220 cm³/mol. The molecule has 0 aliphatic heterocycles. The van der Waals surface area contributed by atoms with Gasteiger partial charge in [-0.05, 0) is 146 Å². The zero-order valence-corrected chi connectivity index (χ0v) is 32.2. The molecule has 0 saturated heterocycles. The molecule has 2 heteroatoms. The lowest BCUT2D eigenvalue weighted by molar-refractivity contribution is 0.528. The molecule has 4 aromatic rings. The van der Waals surface area contributed by atoms with Crippen molar-refractivity contribution >= 4 is 11.4 Å². The number of rotatable bonds is 23. The topological polar surface area (TPSA) is 52.0 Å². The summed E-state index contributed by atoms with van der Waals surface area (Å²) in [7, 11) is 0. The van der Waals surface area contributed by atoms with Gasteiger partial charge in [-0.1, -0.05) is 138 Å². The van der Waals surface area contributed by atoms with Crippen molar-refractivity contribution in [2.45, 2.75) is 156 Å². The Morgan fingerprint density at radius 3 is 0.820 bits per heavy atom. The molecule has 270 valence electrons. The first kappa shape index (κ1) is 39.3. The fraction of sp³-hybridized carbons (Fsp3) is 0.500. The molecule has 0 amide bonds. The first-order chi connectivity index (χ1) is 24.3. The molecule has 4 rings (SSSR count). The summed E-state index contributed by atoms with van der Waals surface area (Å²) in [5, 5.41) is 0. The summed E-state index contributed by atoms with van der Waals surface area (Å²) in [6.07, 6.45) is 26.8. The minimum absolute atomic E-state index is 0.836. The molecule has 50 heavy (non-hydrogen) atoms. The molecule has 0 unspecified atom stereocenters. The van der Waals surface area contributed by atoms with Crippen LogP contribution in [0, 0.1) is 27.7 Å². The SMILES string of the molecule is Cc1cc(CCCCCCCCCCCCCCCCCCc2cc(C)c(Cc3ccc(N)cc3)c(C)c2)cc(C)c1Cc1ccc(N)cc1. The van der Waals surface area contributed by atoms with Gasteiger partial charge < -0.3 is 11.5 Å². The Labute approximate surface area is 306 Å². The lowest BCUT2D eigenvalue weighted by Gasteiger charge is -2.13. The van der Waals surface area contributed by atoms with Crippen LogP contribution < -0.4 is 11.5 Å². The predicted octanol–water partition coefficient (Wildman–Crippen LogP) is 13.3. The zero-order chi connectivity index (χ0) is 35.6. The van der Waals surface area contributed by atoms with Gasteiger partial charge in [-0.15, -0.1) is 0 Å². The van der Waals surface area contributed by atoms with Crippen LogP contribution in [0.1, 0.15) is 158 Å². The number of benzene rings is 4. The molecular weight excluding hydrogens is 605 g/mol. The van der Waals surface area contributed by atoms with E-state index < -0.39 is 0 Å². The average Bonchev–Trinajstić information content (AvgIpc) is 3.09. The number of hydrogen-bond donors (Lipinski definition) is 2. The van der Waals surface area contributed by atoms with E-state index in [1.54, 1.807) is 0 Å². The first-order valence-corrected chi connectivity index (χ1v) is 20.2. The summed E-state index contributed by atoms with van der Waals surface area (Å²) in [5.74, 6) is 0. The molecule has 0 aromatic heterocycles. The minimum atomic E-state index is 0.836. The molecule has 4 N–H and O–H groups in total. The van der Waals surface area contributed by atoms with Crippen molar-refractivity contribution in [3.8, 4) is 0 Å². The van der Waals surface area contributed by atoms with E-state index >= 15 is 0 Å². The van der Waals surface area contributed by atoms with E-state index in [9.17, 15) is 0 Å². The van der Waals surface area contributed by atoms with Gasteiger partial charge in [0.05, 0.1) is 0 Å². The fourth-order valence-electron chi connectivity index (χ4n) is 7.82. The van der Waals surface area contributed by atoms with Gasteiger partial charge in [0.2, 0.25) is 0 Å². The van der Waals surface area contributed by atoms with Crippen molar-refractivity contribution in [1.82, 2.24) is 0 Å². The molecule has 2 nitrogen and oxygen atoms in total. The summed E-state index contributed by atoms with van der Waals surface area (Å²) < 4.78 is 0. The van der Waals surface area contributed by atoms with E-state index in [0.29, 0.717) is 0 Å². The zero-order valence-electron chi connectivity index (χ0n) is 32.2. The van der Waals surface area contributed by atoms with Gasteiger partial charge in [-0.2, -0.15) is 0 Å². The Bertz CT molecular complexity index is 1380. The highest BCUT2D eigenvalue weighted by molar-refractivity contribution is 5.46. The summed E-state index contributed by atoms with van der Waals surface area (Å²) in [6, 6.07) is 26.3. The van der Waals surface area contributed by atoms with Crippen LogP contribution in [0.3, 0.4) is 0 Å². The lowest BCUT2D eigenvalue weighted by atomic mass is 9.92. The molecule has 0 saturated carbocycles. The van der Waals surface area contributed by atoms with Crippen molar-refractivity contribution in [2.75, 3.05) is 11.5 Å². The van der Waals surface area contributed by atoms with Gasteiger partial charge in [0.25, 0.3) is 0 Å². The van der Waals surface area contributed by atoms with Crippen LogP contribution in [0.25, 0.3) is 0 Å². The minimum Gasteiger partial charge on any atom is -0.399 e. The van der Waals surface area contributed by atoms with Gasteiger partial charge in [0, 0.05) is 11.4 Å². The Hall–Kier alpha value is -3.52. The highest BCUT2D eigenvalue weighted by Gasteiger charge is 2.09. The Morgan fingerprint density at radius 1 is 0.320 bits per heavy atom. The van der Waals surface area contributed by atoms with E-state index in [4.69, 9.17) is 11.5 Å². The molecule has 4 aromatic carbocycles. The third-order valence-electron chi connectivity index (χ3n) is 10.9. The van der Waals surface area contributed by atoms with Crippen molar-refractivity contribution < 1.29 is 0 Å². The van der Waals surface area contributed by atoms with Gasteiger partial charge in [0.1, 0.15) is 0 Å². The van der Waals surface area contributed by atoms with Crippen LogP contribution in [0.2, 0.25) is 0 Å². The van der Waals surface area contributed by atoms with Crippen LogP contribution in [0.4, 0.5) is 11.4 Å². The third kappa shape index (κ3) is 14.0. The van der Waals surface area contributed by atoms with Gasteiger partial charge in [0.15, 0.2) is 0 Å². The van der Waals surface area contributed by atoms with Crippen LogP contribution in [-0.2, 0) is 25.7 Å². The summed E-state index contributed by atoms with van der Waals surface area (Å²) in [4.78, 5) is 0. The summed E-state index contributed by atoms with van der Waals surface area (Å²) in [6.45, 7) is 9.11. The van der Waals surface area contributed by atoms with Crippen molar-refractivity contribution in [2.24, 2.45) is 0 Å². The molecule has 0 atom stereocenters. The third-order valence-corrected chi connectivity index (χ3v) is 10.9. The Morgan fingerprint density at radius 2 is 0.560 bits per heavy atom. The van der Waals surface area contributed by atoms with E-state index in [2.05, 4.69) is 76.2 Å². The molecular formula is C48H68N2. The van der Waals surface area contributed by atoms with Crippen molar-refractivity contribution in [1.29, 1.82) is 0 Å². The number of nitrogen functional groups attached to an aromatic ring is 2.